The van der Waals surface area contributed by atoms with E-state index in [1.807, 2.05) is 20.8 Å². The van der Waals surface area contributed by atoms with Crippen molar-refractivity contribution in [2.45, 2.75) is 26.9 Å². The van der Waals surface area contributed by atoms with Crippen LogP contribution in [-0.2, 0) is 13.2 Å². The van der Waals surface area contributed by atoms with Crippen LogP contribution in [0, 0.1) is 11.2 Å². The first-order chi connectivity index (χ1) is 12.2. The van der Waals surface area contributed by atoms with Crippen LogP contribution < -0.4 is 16.0 Å². The molecular weight excluding hydrogens is 392 g/mol. The summed E-state index contributed by atoms with van der Waals surface area (Å²) in [7, 11) is 0.839. The normalized spacial score (nSPS) is 12.3. The second-order valence-corrected chi connectivity index (χ2v) is 7.53. The van der Waals surface area contributed by atoms with Gasteiger partial charge in [-0.2, -0.15) is 13.2 Å². The Kier molecular flexibility index (Phi) is 5.47. The van der Waals surface area contributed by atoms with Crippen molar-refractivity contribution in [3.05, 3.63) is 55.6 Å². The monoisotopic (exact) mass is 408 g/mol. The van der Waals surface area contributed by atoms with Crippen LogP contribution in [0.3, 0.4) is 0 Å². The van der Waals surface area contributed by atoms with Crippen molar-refractivity contribution in [1.29, 1.82) is 0 Å². The molecule has 0 atom stereocenters. The predicted octanol–water partition coefficient (Wildman–Crippen LogP) is 3.77. The van der Waals surface area contributed by atoms with Gasteiger partial charge in [-0.15, -0.1) is 0 Å². The number of nitrogens with zero attached hydrogens (tertiary/aromatic N) is 2. The Bertz CT molecular complexity index is 988. The van der Waals surface area contributed by atoms with E-state index in [-0.39, 0.29) is 33.4 Å². The van der Waals surface area contributed by atoms with Crippen molar-refractivity contribution in [3.8, 4) is 11.4 Å². The SMILES string of the molecule is Cn1c(C(F)(F)F)cc(=O)n(-c2cc(OCC(C)(C)C)c(Cl)cc2F)c1=O. The number of alkyl halides is 3. The fraction of sp³-hybridized carbons (Fsp3) is 0.412. The van der Waals surface area contributed by atoms with Crippen LogP contribution in [0.1, 0.15) is 26.5 Å². The van der Waals surface area contributed by atoms with Crippen LogP contribution in [0.15, 0.2) is 27.8 Å². The van der Waals surface area contributed by atoms with Gasteiger partial charge in [-0.3, -0.25) is 9.36 Å². The lowest BCUT2D eigenvalue weighted by atomic mass is 9.99. The zero-order chi connectivity index (χ0) is 20.7. The molecule has 2 aromatic rings. The van der Waals surface area contributed by atoms with E-state index in [2.05, 4.69) is 0 Å². The fourth-order valence-electron chi connectivity index (χ4n) is 2.21. The lowest BCUT2D eigenvalue weighted by Crippen LogP contribution is -2.41. The quantitative estimate of drug-likeness (QED) is 0.726. The number of rotatable bonds is 3. The summed E-state index contributed by atoms with van der Waals surface area (Å²) in [6, 6.07) is 2.07. The van der Waals surface area contributed by atoms with E-state index in [0.29, 0.717) is 4.57 Å². The number of ether oxygens (including phenoxy) is 1. The molecule has 0 saturated carbocycles. The summed E-state index contributed by atoms with van der Waals surface area (Å²) >= 11 is 5.93. The summed E-state index contributed by atoms with van der Waals surface area (Å²) in [6.45, 7) is 5.82. The maximum atomic E-state index is 14.3. The highest BCUT2D eigenvalue weighted by atomic mass is 35.5. The molecule has 0 aliphatic carbocycles. The molecule has 10 heteroatoms. The van der Waals surface area contributed by atoms with Crippen LogP contribution in [0.5, 0.6) is 5.75 Å². The maximum Gasteiger partial charge on any atom is 0.431 e. The average Bonchev–Trinajstić information content (AvgIpc) is 2.49. The third-order valence-electron chi connectivity index (χ3n) is 3.51. The first kappa shape index (κ1) is 21.0. The lowest BCUT2D eigenvalue weighted by molar-refractivity contribution is -0.144. The highest BCUT2D eigenvalue weighted by Gasteiger charge is 2.35. The van der Waals surface area contributed by atoms with Crippen molar-refractivity contribution < 1.29 is 22.3 Å². The van der Waals surface area contributed by atoms with Crippen molar-refractivity contribution in [2.24, 2.45) is 12.5 Å². The molecule has 0 spiro atoms. The topological polar surface area (TPSA) is 53.2 Å². The Labute approximate surface area is 156 Å². The van der Waals surface area contributed by atoms with Crippen molar-refractivity contribution in [2.75, 3.05) is 6.61 Å². The van der Waals surface area contributed by atoms with Gasteiger partial charge in [0.25, 0.3) is 5.56 Å². The predicted molar refractivity (Wildman–Crippen MR) is 92.2 cm³/mol. The summed E-state index contributed by atoms with van der Waals surface area (Å²) in [4.78, 5) is 24.4. The molecule has 0 fully saturated rings. The Morgan fingerprint density at radius 3 is 2.22 bits per heavy atom. The molecule has 0 radical (unpaired) electrons. The van der Waals surface area contributed by atoms with Crippen LogP contribution in [0.4, 0.5) is 17.6 Å². The molecule has 0 unspecified atom stereocenters. The van der Waals surface area contributed by atoms with Crippen molar-refractivity contribution in [1.82, 2.24) is 9.13 Å². The third-order valence-corrected chi connectivity index (χ3v) is 3.81. The van der Waals surface area contributed by atoms with E-state index >= 15 is 0 Å². The van der Waals surface area contributed by atoms with Gasteiger partial charge in [-0.05, 0) is 11.5 Å². The maximum absolute atomic E-state index is 14.3. The van der Waals surface area contributed by atoms with Gasteiger partial charge in [-0.1, -0.05) is 32.4 Å². The summed E-state index contributed by atoms with van der Waals surface area (Å²) in [6.07, 6.45) is -4.91. The van der Waals surface area contributed by atoms with E-state index in [0.717, 1.165) is 19.2 Å². The summed E-state index contributed by atoms with van der Waals surface area (Å²) < 4.78 is 59.2. The van der Waals surface area contributed by atoms with Gasteiger partial charge in [0.1, 0.15) is 17.3 Å². The number of aromatic nitrogens is 2. The zero-order valence-corrected chi connectivity index (χ0v) is 15.7. The Morgan fingerprint density at radius 1 is 1.11 bits per heavy atom. The van der Waals surface area contributed by atoms with Crippen LogP contribution in [0.2, 0.25) is 5.02 Å². The minimum atomic E-state index is -4.91. The molecule has 0 N–H and O–H groups in total. The molecule has 0 aliphatic heterocycles. The molecule has 1 aromatic heterocycles. The first-order valence-electron chi connectivity index (χ1n) is 7.75. The molecule has 0 aliphatic rings. The molecular formula is C17H17ClF4N2O3. The van der Waals surface area contributed by atoms with Crippen LogP contribution in [0.25, 0.3) is 5.69 Å². The van der Waals surface area contributed by atoms with Crippen LogP contribution in [-0.4, -0.2) is 15.7 Å². The highest BCUT2D eigenvalue weighted by Crippen LogP contribution is 2.31. The average molecular weight is 409 g/mol. The molecule has 148 valence electrons. The van der Waals surface area contributed by atoms with Crippen LogP contribution >= 0.6 is 11.6 Å². The van der Waals surface area contributed by atoms with Crippen molar-refractivity contribution >= 4 is 11.6 Å². The second-order valence-electron chi connectivity index (χ2n) is 7.13. The smallest absolute Gasteiger partial charge is 0.431 e. The Hall–Kier alpha value is -2.29. The van der Waals surface area contributed by atoms with Gasteiger partial charge in [0.05, 0.1) is 17.3 Å². The fourth-order valence-corrected chi connectivity index (χ4v) is 2.42. The molecule has 1 heterocycles. The number of benzene rings is 1. The number of hydrogen-bond donors (Lipinski definition) is 0. The van der Waals surface area contributed by atoms with Gasteiger partial charge in [0, 0.05) is 19.2 Å². The third kappa shape index (κ3) is 4.52. The van der Waals surface area contributed by atoms with E-state index in [9.17, 15) is 27.2 Å². The van der Waals surface area contributed by atoms with Gasteiger partial charge in [0.15, 0.2) is 0 Å². The van der Waals surface area contributed by atoms with E-state index in [1.165, 1.54) is 0 Å². The Morgan fingerprint density at radius 2 is 1.70 bits per heavy atom. The van der Waals surface area contributed by atoms with Gasteiger partial charge < -0.3 is 4.74 Å². The Balaban J connectivity index is 2.67. The second kappa shape index (κ2) is 7.03. The van der Waals surface area contributed by atoms with E-state index < -0.39 is 34.6 Å². The van der Waals surface area contributed by atoms with Gasteiger partial charge in [0.2, 0.25) is 0 Å². The first-order valence-corrected chi connectivity index (χ1v) is 8.12. The number of hydrogen-bond acceptors (Lipinski definition) is 3. The minimum absolute atomic E-state index is 0.00292. The molecule has 0 amide bonds. The molecule has 2 rings (SSSR count). The summed E-state index contributed by atoms with van der Waals surface area (Å²) in [5, 5.41) is -0.0997. The molecule has 0 saturated heterocycles. The highest BCUT2D eigenvalue weighted by molar-refractivity contribution is 6.32. The summed E-state index contributed by atoms with van der Waals surface area (Å²) in [5.41, 5.74) is -4.93. The lowest BCUT2D eigenvalue weighted by Gasteiger charge is -2.20. The van der Waals surface area contributed by atoms with Crippen molar-refractivity contribution in [3.63, 3.8) is 0 Å². The molecule has 27 heavy (non-hydrogen) atoms. The van der Waals surface area contributed by atoms with E-state index in [4.69, 9.17) is 16.3 Å². The zero-order valence-electron chi connectivity index (χ0n) is 14.9. The molecule has 5 nitrogen and oxygen atoms in total. The number of halogens is 5. The summed E-state index contributed by atoms with van der Waals surface area (Å²) in [5.74, 6) is -1.06. The van der Waals surface area contributed by atoms with Gasteiger partial charge in [-0.25, -0.2) is 13.8 Å². The largest absolute Gasteiger partial charge is 0.491 e. The molecule has 1 aromatic carbocycles. The van der Waals surface area contributed by atoms with E-state index in [1.54, 1.807) is 0 Å². The standard InChI is InChI=1S/C17H17ClF4N2O3/c1-16(2,3)8-27-12-6-11(10(19)5-9(12)18)24-14(25)7-13(17(20,21)22)23(4)15(24)26/h5-7H,8H2,1-4H3. The minimum Gasteiger partial charge on any atom is -0.491 e. The van der Waals surface area contributed by atoms with Gasteiger partial charge >= 0.3 is 11.9 Å². The molecule has 0 bridgehead atoms.